The summed E-state index contributed by atoms with van der Waals surface area (Å²) in [5, 5.41) is 9.15. The van der Waals surface area contributed by atoms with Gasteiger partial charge < -0.3 is 14.7 Å². The Morgan fingerprint density at radius 3 is 2.71 bits per heavy atom. The van der Waals surface area contributed by atoms with E-state index in [-0.39, 0.29) is 24.6 Å². The summed E-state index contributed by atoms with van der Waals surface area (Å²) in [4.78, 5) is 24.9. The molecule has 114 valence electrons. The third-order valence-corrected chi connectivity index (χ3v) is 3.91. The number of carboxylic acids is 1. The summed E-state index contributed by atoms with van der Waals surface area (Å²) in [5.74, 6) is -1.47. The van der Waals surface area contributed by atoms with Crippen molar-refractivity contribution in [3.63, 3.8) is 0 Å². The Labute approximate surface area is 122 Å². The van der Waals surface area contributed by atoms with Gasteiger partial charge in [0.25, 0.3) is 0 Å². The largest absolute Gasteiger partial charge is 0.494 e. The van der Waals surface area contributed by atoms with Crippen LogP contribution in [-0.4, -0.2) is 42.1 Å². The number of benzene rings is 1. The maximum atomic E-state index is 13.6. The normalized spacial score (nSPS) is 21.4. The number of carbonyl (C=O) groups excluding carboxylic acids is 1. The fourth-order valence-electron chi connectivity index (χ4n) is 2.45. The van der Waals surface area contributed by atoms with Crippen molar-refractivity contribution in [3.8, 4) is 5.75 Å². The second-order valence-electron chi connectivity index (χ2n) is 5.58. The minimum Gasteiger partial charge on any atom is -0.494 e. The van der Waals surface area contributed by atoms with Gasteiger partial charge in [0.1, 0.15) is 0 Å². The average molecular weight is 295 g/mol. The van der Waals surface area contributed by atoms with Gasteiger partial charge in [0.15, 0.2) is 11.6 Å². The molecule has 1 amide bonds. The molecular weight excluding hydrogens is 277 g/mol. The summed E-state index contributed by atoms with van der Waals surface area (Å²) in [6, 6.07) is 4.37. The summed E-state index contributed by atoms with van der Waals surface area (Å²) in [6.07, 6.45) is 0.488. The summed E-state index contributed by atoms with van der Waals surface area (Å²) in [5.41, 5.74) is -0.344. The number of aliphatic carboxylic acids is 1. The Morgan fingerprint density at radius 1 is 1.48 bits per heavy atom. The molecule has 1 saturated heterocycles. The number of carboxylic acid groups (broad SMARTS) is 1. The molecule has 0 aliphatic carbocycles. The van der Waals surface area contributed by atoms with Gasteiger partial charge >= 0.3 is 5.97 Å². The van der Waals surface area contributed by atoms with Crippen LogP contribution in [0.25, 0.3) is 0 Å². The smallest absolute Gasteiger partial charge is 0.311 e. The van der Waals surface area contributed by atoms with Crippen LogP contribution in [0.2, 0.25) is 0 Å². The zero-order chi connectivity index (χ0) is 15.6. The van der Waals surface area contributed by atoms with Crippen LogP contribution in [-0.2, 0) is 16.0 Å². The third kappa shape index (κ3) is 3.15. The first kappa shape index (κ1) is 15.3. The molecule has 1 heterocycles. The minimum absolute atomic E-state index is 0.0522. The minimum atomic E-state index is -0.895. The SMILES string of the molecule is COc1ccc(CC(=O)N2CC[C@](C)(C(=O)O)C2)cc1F. The van der Waals surface area contributed by atoms with Crippen molar-refractivity contribution in [1.82, 2.24) is 4.90 Å². The summed E-state index contributed by atoms with van der Waals surface area (Å²) < 4.78 is 18.4. The number of hydrogen-bond donors (Lipinski definition) is 1. The van der Waals surface area contributed by atoms with Crippen LogP contribution in [0.3, 0.4) is 0 Å². The highest BCUT2D eigenvalue weighted by Gasteiger charge is 2.41. The van der Waals surface area contributed by atoms with Crippen molar-refractivity contribution < 1.29 is 23.8 Å². The molecule has 1 aliphatic rings. The lowest BCUT2D eigenvalue weighted by molar-refractivity contribution is -0.147. The molecule has 1 fully saturated rings. The van der Waals surface area contributed by atoms with Crippen LogP contribution < -0.4 is 4.74 Å². The van der Waals surface area contributed by atoms with Crippen LogP contribution in [0.5, 0.6) is 5.75 Å². The van der Waals surface area contributed by atoms with Crippen molar-refractivity contribution >= 4 is 11.9 Å². The number of likely N-dealkylation sites (tertiary alicyclic amines) is 1. The van der Waals surface area contributed by atoms with Crippen molar-refractivity contribution in [3.05, 3.63) is 29.6 Å². The van der Waals surface area contributed by atoms with E-state index in [1.54, 1.807) is 13.0 Å². The Hall–Kier alpha value is -2.11. The fourth-order valence-corrected chi connectivity index (χ4v) is 2.45. The molecule has 6 heteroatoms. The number of nitrogens with zero attached hydrogens (tertiary/aromatic N) is 1. The molecule has 1 aromatic carbocycles. The molecule has 0 unspecified atom stereocenters. The maximum Gasteiger partial charge on any atom is 0.311 e. The first-order chi connectivity index (χ1) is 9.85. The van der Waals surface area contributed by atoms with Gasteiger partial charge in [-0.15, -0.1) is 0 Å². The van der Waals surface area contributed by atoms with E-state index in [1.165, 1.54) is 24.1 Å². The van der Waals surface area contributed by atoms with E-state index in [4.69, 9.17) is 9.84 Å². The molecule has 0 saturated carbocycles. The highest BCUT2D eigenvalue weighted by Crippen LogP contribution is 2.30. The monoisotopic (exact) mass is 295 g/mol. The molecule has 5 nitrogen and oxygen atoms in total. The van der Waals surface area contributed by atoms with E-state index in [1.807, 2.05) is 0 Å². The van der Waals surface area contributed by atoms with Crippen LogP contribution in [0.1, 0.15) is 18.9 Å². The molecule has 21 heavy (non-hydrogen) atoms. The molecule has 0 bridgehead atoms. The standard InChI is InChI=1S/C15H18FNO4/c1-15(14(19)20)5-6-17(9-15)13(18)8-10-3-4-12(21-2)11(16)7-10/h3-4,7H,5-6,8-9H2,1-2H3,(H,19,20)/t15-/m0/s1. The second kappa shape index (κ2) is 5.71. The Kier molecular flexibility index (Phi) is 4.16. The highest BCUT2D eigenvalue weighted by atomic mass is 19.1. The lowest BCUT2D eigenvalue weighted by Crippen LogP contribution is -2.35. The summed E-state index contributed by atoms with van der Waals surface area (Å²) in [6.45, 7) is 2.25. The van der Waals surface area contributed by atoms with E-state index in [9.17, 15) is 14.0 Å². The van der Waals surface area contributed by atoms with Gasteiger partial charge in [-0.2, -0.15) is 0 Å². The molecule has 0 spiro atoms. The Morgan fingerprint density at radius 2 is 2.19 bits per heavy atom. The van der Waals surface area contributed by atoms with Crippen molar-refractivity contribution in [2.24, 2.45) is 5.41 Å². The predicted molar refractivity (Wildman–Crippen MR) is 73.6 cm³/mol. The topological polar surface area (TPSA) is 66.8 Å². The van der Waals surface area contributed by atoms with Crippen molar-refractivity contribution in [1.29, 1.82) is 0 Å². The van der Waals surface area contributed by atoms with E-state index in [0.717, 1.165) is 0 Å². The van der Waals surface area contributed by atoms with Crippen molar-refractivity contribution in [2.75, 3.05) is 20.2 Å². The Bertz CT molecular complexity index is 575. The first-order valence-electron chi connectivity index (χ1n) is 6.69. The number of amides is 1. The lowest BCUT2D eigenvalue weighted by atomic mass is 9.90. The molecule has 1 N–H and O–H groups in total. The van der Waals surface area contributed by atoms with Crippen LogP contribution in [0, 0.1) is 11.2 Å². The number of methoxy groups -OCH3 is 1. The van der Waals surface area contributed by atoms with Gasteiger partial charge in [0.05, 0.1) is 18.9 Å². The van der Waals surface area contributed by atoms with Crippen LogP contribution >= 0.6 is 0 Å². The molecule has 1 atom stereocenters. The van der Waals surface area contributed by atoms with Crippen LogP contribution in [0.15, 0.2) is 18.2 Å². The zero-order valence-corrected chi connectivity index (χ0v) is 12.1. The highest BCUT2D eigenvalue weighted by molar-refractivity contribution is 5.82. The quantitative estimate of drug-likeness (QED) is 0.918. The molecule has 0 radical (unpaired) electrons. The number of hydrogen-bond acceptors (Lipinski definition) is 3. The third-order valence-electron chi connectivity index (χ3n) is 3.91. The summed E-state index contributed by atoms with van der Waals surface area (Å²) >= 11 is 0. The van der Waals surface area contributed by atoms with Gasteiger partial charge in [-0.05, 0) is 31.0 Å². The van der Waals surface area contributed by atoms with Crippen molar-refractivity contribution in [2.45, 2.75) is 19.8 Å². The van der Waals surface area contributed by atoms with Gasteiger partial charge in [-0.1, -0.05) is 6.07 Å². The maximum absolute atomic E-state index is 13.6. The van der Waals surface area contributed by atoms with E-state index < -0.39 is 17.2 Å². The molecule has 1 aliphatic heterocycles. The van der Waals surface area contributed by atoms with Crippen LogP contribution in [0.4, 0.5) is 4.39 Å². The van der Waals surface area contributed by atoms with Gasteiger partial charge in [0, 0.05) is 13.1 Å². The van der Waals surface area contributed by atoms with E-state index >= 15 is 0 Å². The van der Waals surface area contributed by atoms with Gasteiger partial charge in [-0.25, -0.2) is 4.39 Å². The Balaban J connectivity index is 2.03. The lowest BCUT2D eigenvalue weighted by Gasteiger charge is -2.20. The second-order valence-corrected chi connectivity index (χ2v) is 5.58. The molecule has 1 aromatic rings. The molecule has 2 rings (SSSR count). The number of carbonyl (C=O) groups is 2. The van der Waals surface area contributed by atoms with E-state index in [0.29, 0.717) is 18.5 Å². The number of halogens is 1. The number of rotatable bonds is 4. The first-order valence-corrected chi connectivity index (χ1v) is 6.69. The molecular formula is C15H18FNO4. The fraction of sp³-hybridized carbons (Fsp3) is 0.467. The van der Waals surface area contributed by atoms with Gasteiger partial charge in [0.2, 0.25) is 5.91 Å². The van der Waals surface area contributed by atoms with Gasteiger partial charge in [-0.3, -0.25) is 9.59 Å². The summed E-state index contributed by atoms with van der Waals surface area (Å²) in [7, 11) is 1.38. The average Bonchev–Trinajstić information content (AvgIpc) is 2.83. The number of ether oxygens (including phenoxy) is 1. The predicted octanol–water partition coefficient (Wildman–Crippen LogP) is 1.70. The molecule has 0 aromatic heterocycles. The van der Waals surface area contributed by atoms with E-state index in [2.05, 4.69) is 0 Å². The zero-order valence-electron chi connectivity index (χ0n) is 12.1.